The molecule has 146 valence electrons. The first-order chi connectivity index (χ1) is 12.8. The van der Waals surface area contributed by atoms with Gasteiger partial charge in [0.1, 0.15) is 12.4 Å². The molecule has 0 bridgehead atoms. The molecule has 3 N–H and O–H groups in total. The van der Waals surface area contributed by atoms with Crippen molar-refractivity contribution >= 4 is 17.7 Å². The predicted molar refractivity (Wildman–Crippen MR) is 108 cm³/mol. The summed E-state index contributed by atoms with van der Waals surface area (Å²) in [6, 6.07) is 6.16. The van der Waals surface area contributed by atoms with Crippen LogP contribution >= 0.6 is 11.8 Å². The average molecular weight is 390 g/mol. The van der Waals surface area contributed by atoms with Crippen molar-refractivity contribution in [3.05, 3.63) is 47.8 Å². The molecule has 0 saturated heterocycles. The summed E-state index contributed by atoms with van der Waals surface area (Å²) in [4.78, 5) is 12.0. The molecule has 0 spiro atoms. The molecule has 0 fully saturated rings. The molecule has 0 radical (unpaired) electrons. The number of ether oxygens (including phenoxy) is 1. The zero-order chi connectivity index (χ0) is 20.0. The lowest BCUT2D eigenvalue weighted by Gasteiger charge is -2.14. The molecule has 0 saturated carbocycles. The smallest absolute Gasteiger partial charge is 0.233 e. The number of hydrogen-bond acceptors (Lipinski definition) is 6. The first-order valence-electron chi connectivity index (χ1n) is 8.81. The summed E-state index contributed by atoms with van der Waals surface area (Å²) in [6.45, 7) is 12.3. The molecule has 7 nitrogen and oxygen atoms in total. The van der Waals surface area contributed by atoms with Gasteiger partial charge in [-0.05, 0) is 37.0 Å². The molecule has 1 atom stereocenters. The van der Waals surface area contributed by atoms with E-state index >= 15 is 0 Å². The van der Waals surface area contributed by atoms with Crippen molar-refractivity contribution in [2.24, 2.45) is 0 Å². The number of nitrogens with two attached hydrogens (primary N) is 1. The van der Waals surface area contributed by atoms with Gasteiger partial charge in [-0.3, -0.25) is 4.79 Å². The van der Waals surface area contributed by atoms with Crippen molar-refractivity contribution in [1.29, 1.82) is 0 Å². The molecule has 27 heavy (non-hydrogen) atoms. The van der Waals surface area contributed by atoms with Crippen molar-refractivity contribution in [2.45, 2.75) is 50.6 Å². The van der Waals surface area contributed by atoms with Gasteiger partial charge in [0.25, 0.3) is 0 Å². The molecule has 1 amide bonds. The third kappa shape index (κ3) is 5.50. The van der Waals surface area contributed by atoms with Gasteiger partial charge in [0.05, 0.1) is 5.25 Å². The highest BCUT2D eigenvalue weighted by atomic mass is 32.2. The van der Waals surface area contributed by atoms with Gasteiger partial charge in [-0.1, -0.05) is 43.8 Å². The number of nitrogens with one attached hydrogen (secondary N) is 1. The molecular formula is C19H27N5O2S. The summed E-state index contributed by atoms with van der Waals surface area (Å²) >= 11 is 1.24. The monoisotopic (exact) mass is 389 g/mol. The van der Waals surface area contributed by atoms with Crippen LogP contribution in [0.4, 0.5) is 0 Å². The first kappa shape index (κ1) is 20.8. The molecule has 0 aliphatic heterocycles. The second kappa shape index (κ2) is 9.45. The largest absolute Gasteiger partial charge is 0.485 e. The van der Waals surface area contributed by atoms with Gasteiger partial charge < -0.3 is 15.9 Å². The van der Waals surface area contributed by atoms with Crippen LogP contribution in [-0.4, -0.2) is 32.6 Å². The van der Waals surface area contributed by atoms with Crippen LogP contribution in [0.5, 0.6) is 5.75 Å². The fourth-order valence-corrected chi connectivity index (χ4v) is 3.21. The first-order valence-corrected chi connectivity index (χ1v) is 9.69. The van der Waals surface area contributed by atoms with E-state index in [1.165, 1.54) is 16.4 Å². The Balaban J connectivity index is 2.05. The van der Waals surface area contributed by atoms with Crippen molar-refractivity contribution in [1.82, 2.24) is 20.2 Å². The molecule has 2 rings (SSSR count). The zero-order valence-electron chi connectivity index (χ0n) is 16.2. The quantitative estimate of drug-likeness (QED) is 0.389. The maximum Gasteiger partial charge on any atom is 0.233 e. The van der Waals surface area contributed by atoms with Crippen LogP contribution in [0.1, 0.15) is 43.6 Å². The minimum atomic E-state index is -0.352. The molecule has 2 aromatic rings. The number of amides is 1. The molecule has 1 unspecified atom stereocenters. The van der Waals surface area contributed by atoms with Crippen molar-refractivity contribution in [3.63, 3.8) is 0 Å². The summed E-state index contributed by atoms with van der Waals surface area (Å²) in [7, 11) is 0. The Labute approximate surface area is 164 Å². The predicted octanol–water partition coefficient (Wildman–Crippen LogP) is 2.79. The second-order valence-corrected chi connectivity index (χ2v) is 7.86. The summed E-state index contributed by atoms with van der Waals surface area (Å²) in [5.74, 6) is 7.63. The van der Waals surface area contributed by atoms with Gasteiger partial charge in [0.2, 0.25) is 11.1 Å². The Morgan fingerprint density at radius 2 is 2.15 bits per heavy atom. The van der Waals surface area contributed by atoms with E-state index in [-0.39, 0.29) is 17.8 Å². The summed E-state index contributed by atoms with van der Waals surface area (Å²) < 4.78 is 7.33. The van der Waals surface area contributed by atoms with E-state index in [4.69, 9.17) is 10.6 Å². The third-order valence-corrected chi connectivity index (χ3v) is 5.01. The molecule has 8 heteroatoms. The maximum atomic E-state index is 12.0. The van der Waals surface area contributed by atoms with Gasteiger partial charge in [0, 0.05) is 6.54 Å². The highest BCUT2D eigenvalue weighted by molar-refractivity contribution is 8.00. The minimum absolute atomic E-state index is 0.109. The number of carbonyl (C=O) groups is 1. The molecule has 1 heterocycles. The number of carbonyl (C=O) groups excluding carboxylic acids is 1. The van der Waals surface area contributed by atoms with E-state index in [0.717, 1.165) is 16.9 Å². The highest BCUT2D eigenvalue weighted by Crippen LogP contribution is 2.28. The number of aryl methyl sites for hydroxylation is 1. The van der Waals surface area contributed by atoms with Gasteiger partial charge in [0.15, 0.2) is 5.82 Å². The van der Waals surface area contributed by atoms with Crippen LogP contribution in [0.2, 0.25) is 0 Å². The van der Waals surface area contributed by atoms with Crippen LogP contribution in [0, 0.1) is 6.92 Å². The van der Waals surface area contributed by atoms with E-state index in [1.54, 1.807) is 13.0 Å². The average Bonchev–Trinajstić information content (AvgIpc) is 2.97. The number of nitrogens with zero attached hydrogens (tertiary/aromatic N) is 3. The standard InChI is InChI=1S/C19H27N5O2S/c1-6-9-21-18(25)14(5)27-19-23-22-17(24(19)20)11-26-16-10-13(4)7-8-15(16)12(2)3/h6-8,10,12,14H,1,9,11,20H2,2-5H3,(H,21,25). The van der Waals surface area contributed by atoms with Gasteiger partial charge in [-0.15, -0.1) is 16.8 Å². The molecular weight excluding hydrogens is 362 g/mol. The number of aromatic nitrogens is 3. The van der Waals surface area contributed by atoms with E-state index in [1.807, 2.05) is 13.0 Å². The van der Waals surface area contributed by atoms with E-state index in [0.29, 0.717) is 23.4 Å². The molecule has 1 aromatic carbocycles. The Hall–Kier alpha value is -2.48. The summed E-state index contributed by atoms with van der Waals surface area (Å²) in [5, 5.41) is 11.0. The Morgan fingerprint density at radius 1 is 1.41 bits per heavy atom. The lowest BCUT2D eigenvalue weighted by atomic mass is 10.0. The second-order valence-electron chi connectivity index (χ2n) is 6.55. The number of nitrogen functional groups attached to an aromatic ring is 1. The molecule has 0 aliphatic carbocycles. The maximum absolute atomic E-state index is 12.0. The Kier molecular flexibility index (Phi) is 7.29. The topological polar surface area (TPSA) is 95.1 Å². The van der Waals surface area contributed by atoms with E-state index < -0.39 is 0 Å². The minimum Gasteiger partial charge on any atom is -0.485 e. The number of thioether (sulfide) groups is 1. The van der Waals surface area contributed by atoms with Gasteiger partial charge >= 0.3 is 0 Å². The van der Waals surface area contributed by atoms with Crippen molar-refractivity contribution < 1.29 is 9.53 Å². The van der Waals surface area contributed by atoms with Crippen LogP contribution in [0.15, 0.2) is 36.0 Å². The Morgan fingerprint density at radius 3 is 2.81 bits per heavy atom. The van der Waals surface area contributed by atoms with Crippen LogP contribution in [0.3, 0.4) is 0 Å². The fraction of sp³-hybridized carbons (Fsp3) is 0.421. The van der Waals surface area contributed by atoms with E-state index in [9.17, 15) is 4.79 Å². The van der Waals surface area contributed by atoms with Gasteiger partial charge in [-0.2, -0.15) is 0 Å². The van der Waals surface area contributed by atoms with Crippen molar-refractivity contribution in [2.75, 3.05) is 12.4 Å². The Bertz CT molecular complexity index is 803. The van der Waals surface area contributed by atoms with E-state index in [2.05, 4.69) is 48.1 Å². The fourth-order valence-electron chi connectivity index (χ4n) is 2.40. The third-order valence-electron chi connectivity index (χ3n) is 3.96. The molecule has 1 aromatic heterocycles. The van der Waals surface area contributed by atoms with Gasteiger partial charge in [-0.25, -0.2) is 4.68 Å². The number of hydrogen-bond donors (Lipinski definition) is 2. The lowest BCUT2D eigenvalue weighted by Crippen LogP contribution is -2.31. The normalized spacial score (nSPS) is 12.0. The highest BCUT2D eigenvalue weighted by Gasteiger charge is 2.19. The number of rotatable bonds is 9. The van der Waals surface area contributed by atoms with Crippen molar-refractivity contribution in [3.8, 4) is 5.75 Å². The zero-order valence-corrected chi connectivity index (χ0v) is 17.0. The van der Waals surface area contributed by atoms with Crippen LogP contribution in [-0.2, 0) is 11.4 Å². The summed E-state index contributed by atoms with van der Waals surface area (Å²) in [6.07, 6.45) is 1.63. The van der Waals surface area contributed by atoms with Crippen LogP contribution < -0.4 is 15.9 Å². The lowest BCUT2D eigenvalue weighted by molar-refractivity contribution is -0.120. The molecule has 0 aliphatic rings. The summed E-state index contributed by atoms with van der Waals surface area (Å²) in [5.41, 5.74) is 2.25. The van der Waals surface area contributed by atoms with Crippen LogP contribution in [0.25, 0.3) is 0 Å². The number of benzene rings is 1. The SMILES string of the molecule is C=CCNC(=O)C(C)Sc1nnc(COc2cc(C)ccc2C(C)C)n1N.